The molecule has 0 N–H and O–H groups in total. The van der Waals surface area contributed by atoms with Crippen LogP contribution in [0.4, 0.5) is 15.9 Å². The number of carbonyl (C=O) groups excluding carboxylic acids is 1. The molecular formula is C25H24FN5OS. The van der Waals surface area contributed by atoms with Gasteiger partial charge in [-0.25, -0.2) is 14.4 Å². The van der Waals surface area contributed by atoms with E-state index >= 15 is 0 Å². The Bertz CT molecular complexity index is 1190. The maximum Gasteiger partial charge on any atom is 0.278 e. The van der Waals surface area contributed by atoms with Gasteiger partial charge in [0, 0.05) is 48.3 Å². The first-order chi connectivity index (χ1) is 16.1. The minimum absolute atomic E-state index is 0.263. The van der Waals surface area contributed by atoms with Gasteiger partial charge in [-0.1, -0.05) is 6.07 Å². The number of thiazole rings is 1. The molecule has 1 amide bonds. The van der Waals surface area contributed by atoms with E-state index in [4.69, 9.17) is 0 Å². The van der Waals surface area contributed by atoms with Crippen molar-refractivity contribution in [3.8, 4) is 10.6 Å². The molecule has 0 atom stereocenters. The summed E-state index contributed by atoms with van der Waals surface area (Å²) >= 11 is 1.39. The summed E-state index contributed by atoms with van der Waals surface area (Å²) in [5.41, 5.74) is 2.64. The maximum absolute atomic E-state index is 13.5. The van der Waals surface area contributed by atoms with Crippen LogP contribution < -0.4 is 9.80 Å². The molecule has 168 valence electrons. The summed E-state index contributed by atoms with van der Waals surface area (Å²) in [7, 11) is 0. The van der Waals surface area contributed by atoms with Gasteiger partial charge in [-0.05, 0) is 61.9 Å². The van der Waals surface area contributed by atoms with E-state index in [-0.39, 0.29) is 18.3 Å². The van der Waals surface area contributed by atoms with Crippen LogP contribution in [0.3, 0.4) is 0 Å². The number of carbonyl (C=O) groups is 1. The van der Waals surface area contributed by atoms with Crippen molar-refractivity contribution >= 4 is 28.7 Å². The highest BCUT2D eigenvalue weighted by molar-refractivity contribution is 7.13. The smallest absolute Gasteiger partial charge is 0.278 e. The first-order valence-electron chi connectivity index (χ1n) is 10.7. The van der Waals surface area contributed by atoms with Crippen LogP contribution in [0.5, 0.6) is 0 Å². The zero-order chi connectivity index (χ0) is 23.2. The number of hydrogen-bond acceptors (Lipinski definition) is 6. The molecule has 0 aliphatic heterocycles. The molecule has 4 aromatic rings. The van der Waals surface area contributed by atoms with E-state index in [1.54, 1.807) is 41.0 Å². The Labute approximate surface area is 196 Å². The fourth-order valence-corrected chi connectivity index (χ4v) is 4.25. The predicted octanol–water partition coefficient (Wildman–Crippen LogP) is 5.43. The largest absolute Gasteiger partial charge is 0.357 e. The van der Waals surface area contributed by atoms with Crippen molar-refractivity contribution in [1.82, 2.24) is 15.0 Å². The minimum Gasteiger partial charge on any atom is -0.357 e. The summed E-state index contributed by atoms with van der Waals surface area (Å²) in [6.07, 6.45) is 5.19. The topological polar surface area (TPSA) is 62.2 Å². The van der Waals surface area contributed by atoms with Crippen LogP contribution >= 0.6 is 11.3 Å². The average Bonchev–Trinajstić information content (AvgIpc) is 3.35. The molecular weight excluding hydrogens is 437 g/mol. The van der Waals surface area contributed by atoms with Gasteiger partial charge in [0.1, 0.15) is 22.3 Å². The third-order valence-electron chi connectivity index (χ3n) is 5.25. The van der Waals surface area contributed by atoms with Crippen molar-refractivity contribution < 1.29 is 9.18 Å². The fourth-order valence-electron chi connectivity index (χ4n) is 3.46. The number of benzene rings is 1. The minimum atomic E-state index is -0.357. The quantitative estimate of drug-likeness (QED) is 0.350. The molecule has 6 nitrogen and oxygen atoms in total. The van der Waals surface area contributed by atoms with Crippen LogP contribution in [0.2, 0.25) is 0 Å². The molecule has 0 bridgehead atoms. The van der Waals surface area contributed by atoms with Gasteiger partial charge in [-0.15, -0.1) is 11.3 Å². The molecule has 0 radical (unpaired) electrons. The van der Waals surface area contributed by atoms with Crippen molar-refractivity contribution in [3.63, 3.8) is 0 Å². The van der Waals surface area contributed by atoms with Gasteiger partial charge in [0.2, 0.25) is 0 Å². The summed E-state index contributed by atoms with van der Waals surface area (Å²) in [6, 6.07) is 13.5. The van der Waals surface area contributed by atoms with Crippen molar-refractivity contribution in [1.29, 1.82) is 0 Å². The van der Waals surface area contributed by atoms with Crippen LogP contribution in [0.1, 0.15) is 29.9 Å². The van der Waals surface area contributed by atoms with Gasteiger partial charge in [0.15, 0.2) is 0 Å². The van der Waals surface area contributed by atoms with Crippen molar-refractivity contribution in [3.05, 3.63) is 89.6 Å². The lowest BCUT2D eigenvalue weighted by molar-refractivity contribution is 0.0981. The van der Waals surface area contributed by atoms with Crippen LogP contribution in [-0.4, -0.2) is 33.9 Å². The molecule has 33 heavy (non-hydrogen) atoms. The SMILES string of the molecule is CCN(CC)c1ccc(CN(C(=O)c2csc(-c3cccnc3)n2)c2ccc(F)cc2)cn1. The van der Waals surface area contributed by atoms with E-state index < -0.39 is 0 Å². The number of nitrogens with zero attached hydrogens (tertiary/aromatic N) is 5. The lowest BCUT2D eigenvalue weighted by Crippen LogP contribution is -2.31. The standard InChI is InChI=1S/C25H24FN5OS/c1-3-30(4-2)23-12-7-18(14-28-23)16-31(21-10-8-20(26)9-11-21)25(32)22-17-33-24(29-22)19-6-5-13-27-15-19/h5-15,17H,3-4,16H2,1-2H3. The van der Waals surface area contributed by atoms with Crippen molar-refractivity contribution in [2.24, 2.45) is 0 Å². The van der Waals surface area contributed by atoms with Gasteiger partial charge in [0.25, 0.3) is 5.91 Å². The Morgan fingerprint density at radius 1 is 1.03 bits per heavy atom. The molecule has 3 heterocycles. The molecule has 0 saturated carbocycles. The summed E-state index contributed by atoms with van der Waals surface area (Å²) in [6.45, 7) is 6.19. The molecule has 0 unspecified atom stereocenters. The normalized spacial score (nSPS) is 10.8. The predicted molar refractivity (Wildman–Crippen MR) is 130 cm³/mol. The van der Waals surface area contributed by atoms with E-state index in [0.717, 1.165) is 35.0 Å². The van der Waals surface area contributed by atoms with Crippen LogP contribution in [0.25, 0.3) is 10.6 Å². The molecule has 0 aliphatic rings. The Balaban J connectivity index is 1.62. The van der Waals surface area contributed by atoms with Crippen molar-refractivity contribution in [2.45, 2.75) is 20.4 Å². The highest BCUT2D eigenvalue weighted by atomic mass is 32.1. The van der Waals surface area contributed by atoms with Crippen LogP contribution in [0.15, 0.2) is 72.5 Å². The highest BCUT2D eigenvalue weighted by Gasteiger charge is 2.22. The zero-order valence-corrected chi connectivity index (χ0v) is 19.3. The lowest BCUT2D eigenvalue weighted by atomic mass is 10.2. The summed E-state index contributed by atoms with van der Waals surface area (Å²) in [5.74, 6) is 0.272. The van der Waals surface area contributed by atoms with E-state index in [1.165, 1.54) is 23.5 Å². The van der Waals surface area contributed by atoms with Gasteiger partial charge < -0.3 is 9.80 Å². The third kappa shape index (κ3) is 5.23. The lowest BCUT2D eigenvalue weighted by Gasteiger charge is -2.23. The Morgan fingerprint density at radius 2 is 1.82 bits per heavy atom. The molecule has 1 aromatic carbocycles. The van der Waals surface area contributed by atoms with E-state index in [2.05, 4.69) is 33.7 Å². The second-order valence-corrected chi connectivity index (χ2v) is 8.20. The monoisotopic (exact) mass is 461 g/mol. The number of rotatable bonds is 8. The second-order valence-electron chi connectivity index (χ2n) is 7.34. The Hall–Kier alpha value is -3.65. The fraction of sp³-hybridized carbons (Fsp3) is 0.200. The molecule has 8 heteroatoms. The molecule has 3 aromatic heterocycles. The summed E-state index contributed by atoms with van der Waals surface area (Å²) in [4.78, 5) is 30.4. The summed E-state index contributed by atoms with van der Waals surface area (Å²) < 4.78 is 13.5. The molecule has 0 spiro atoms. The average molecular weight is 462 g/mol. The molecule has 0 fully saturated rings. The van der Waals surface area contributed by atoms with Crippen LogP contribution in [0, 0.1) is 5.82 Å². The first kappa shape index (κ1) is 22.5. The number of aromatic nitrogens is 3. The third-order valence-corrected chi connectivity index (χ3v) is 6.14. The zero-order valence-electron chi connectivity index (χ0n) is 18.5. The van der Waals surface area contributed by atoms with E-state index in [9.17, 15) is 9.18 Å². The first-order valence-corrected chi connectivity index (χ1v) is 11.6. The number of halogens is 1. The Morgan fingerprint density at radius 3 is 2.45 bits per heavy atom. The van der Waals surface area contributed by atoms with E-state index in [0.29, 0.717) is 11.4 Å². The van der Waals surface area contributed by atoms with E-state index in [1.807, 2.05) is 24.3 Å². The number of hydrogen-bond donors (Lipinski definition) is 0. The van der Waals surface area contributed by atoms with Gasteiger partial charge in [0.05, 0.1) is 6.54 Å². The molecule has 0 aliphatic carbocycles. The molecule has 0 saturated heterocycles. The number of amides is 1. The van der Waals surface area contributed by atoms with Crippen molar-refractivity contribution in [2.75, 3.05) is 22.9 Å². The van der Waals surface area contributed by atoms with Crippen LogP contribution in [-0.2, 0) is 6.54 Å². The van der Waals surface area contributed by atoms with Gasteiger partial charge >= 0.3 is 0 Å². The maximum atomic E-state index is 13.5. The number of pyridine rings is 2. The van der Waals surface area contributed by atoms with Gasteiger partial charge in [-0.2, -0.15) is 0 Å². The van der Waals surface area contributed by atoms with Gasteiger partial charge in [-0.3, -0.25) is 9.78 Å². The Kier molecular flexibility index (Phi) is 7.04. The summed E-state index contributed by atoms with van der Waals surface area (Å²) in [5, 5.41) is 2.46. The highest BCUT2D eigenvalue weighted by Crippen LogP contribution is 2.26. The number of anilines is 2. The second kappa shape index (κ2) is 10.3. The molecule has 4 rings (SSSR count).